The Bertz CT molecular complexity index is 125. The highest BCUT2D eigenvalue weighted by Crippen LogP contribution is 1.98. The number of hydrogen-bond donors (Lipinski definition) is 2. The number of rotatable bonds is 1. The molecule has 1 heterocycles. The molecule has 0 amide bonds. The van der Waals surface area contributed by atoms with E-state index in [2.05, 4.69) is 15.1 Å². The molecule has 0 radical (unpaired) electrons. The highest BCUT2D eigenvalue weighted by Gasteiger charge is 1.84. The van der Waals surface area contributed by atoms with Crippen LogP contribution in [0.2, 0.25) is 0 Å². The van der Waals surface area contributed by atoms with Gasteiger partial charge >= 0.3 is 0 Å². The van der Waals surface area contributed by atoms with E-state index >= 15 is 0 Å². The Balaban J connectivity index is 2.76. The van der Waals surface area contributed by atoms with Gasteiger partial charge in [0.15, 0.2) is 0 Å². The van der Waals surface area contributed by atoms with Crippen LogP contribution in [0, 0.1) is 0 Å². The highest BCUT2D eigenvalue weighted by atomic mass is 16.5. The number of anilines is 1. The minimum Gasteiger partial charge on any atom is -0.362 e. The van der Waals surface area contributed by atoms with Gasteiger partial charge in [-0.3, -0.25) is 5.84 Å². The molecule has 0 atom stereocenters. The summed E-state index contributed by atoms with van der Waals surface area (Å²) in [6.45, 7) is 0. The third kappa shape index (κ3) is 0.690. The Morgan fingerprint density at radius 1 is 1.86 bits per heavy atom. The number of hydrazine groups is 1. The van der Waals surface area contributed by atoms with Crippen LogP contribution < -0.4 is 11.3 Å². The summed E-state index contributed by atoms with van der Waals surface area (Å²) in [5, 5.41) is 3.38. The maximum Gasteiger partial charge on any atom is 0.148 e. The van der Waals surface area contributed by atoms with E-state index in [0.29, 0.717) is 5.69 Å². The van der Waals surface area contributed by atoms with Crippen LogP contribution in [0.3, 0.4) is 0 Å². The lowest BCUT2D eigenvalue weighted by Gasteiger charge is -1.83. The molecule has 0 saturated carbocycles. The molecule has 1 aromatic rings. The van der Waals surface area contributed by atoms with Crippen LogP contribution in [0.5, 0.6) is 0 Å². The fourth-order valence-electron chi connectivity index (χ4n) is 0.276. The molecule has 7 heavy (non-hydrogen) atoms. The van der Waals surface area contributed by atoms with Gasteiger partial charge in [-0.05, 0) is 0 Å². The summed E-state index contributed by atoms with van der Waals surface area (Å²) in [7, 11) is 0. The third-order valence-corrected chi connectivity index (χ3v) is 0.599. The lowest BCUT2D eigenvalue weighted by atomic mass is 10.6. The first-order chi connectivity index (χ1) is 3.43. The van der Waals surface area contributed by atoms with Gasteiger partial charge in [0, 0.05) is 0 Å². The van der Waals surface area contributed by atoms with Crippen LogP contribution >= 0.6 is 0 Å². The van der Waals surface area contributed by atoms with Crippen molar-refractivity contribution in [3.8, 4) is 0 Å². The quantitative estimate of drug-likeness (QED) is 0.383. The number of aromatic nitrogens is 1. The standard InChI is InChI=1S/C3H5N3O/c4-6-3-1-5-7-2-3/h1-2,6H,4H2. The highest BCUT2D eigenvalue weighted by molar-refractivity contribution is 5.33. The Morgan fingerprint density at radius 2 is 2.71 bits per heavy atom. The van der Waals surface area contributed by atoms with Crippen molar-refractivity contribution in [2.24, 2.45) is 5.84 Å². The van der Waals surface area contributed by atoms with E-state index in [1.54, 1.807) is 0 Å². The summed E-state index contributed by atoms with van der Waals surface area (Å²) in [6, 6.07) is 0. The number of nitrogens with one attached hydrogen (secondary N) is 1. The lowest BCUT2D eigenvalue weighted by molar-refractivity contribution is 0.420. The predicted molar refractivity (Wildman–Crippen MR) is 24.3 cm³/mol. The van der Waals surface area contributed by atoms with Crippen LogP contribution in [-0.4, -0.2) is 5.16 Å². The van der Waals surface area contributed by atoms with Crippen LogP contribution in [0.4, 0.5) is 5.69 Å². The maximum atomic E-state index is 4.94. The van der Waals surface area contributed by atoms with Crippen molar-refractivity contribution in [2.45, 2.75) is 0 Å². The van der Waals surface area contributed by atoms with Crippen LogP contribution in [0.15, 0.2) is 17.0 Å². The maximum absolute atomic E-state index is 4.94. The molecule has 0 aromatic carbocycles. The molecular formula is C3H5N3O. The SMILES string of the molecule is NNc1cnoc1. The average Bonchev–Trinajstić information content (AvgIpc) is 2.14. The van der Waals surface area contributed by atoms with E-state index in [1.807, 2.05) is 0 Å². The molecule has 0 saturated heterocycles. The zero-order valence-electron chi connectivity index (χ0n) is 3.59. The van der Waals surface area contributed by atoms with E-state index in [-0.39, 0.29) is 0 Å². The van der Waals surface area contributed by atoms with Crippen molar-refractivity contribution in [3.05, 3.63) is 12.5 Å². The topological polar surface area (TPSA) is 64.1 Å². The molecule has 3 N–H and O–H groups in total. The van der Waals surface area contributed by atoms with Crippen molar-refractivity contribution in [1.29, 1.82) is 0 Å². The first kappa shape index (κ1) is 4.14. The van der Waals surface area contributed by atoms with Crippen molar-refractivity contribution in [2.75, 3.05) is 5.43 Å². The molecule has 38 valence electrons. The molecule has 0 spiro atoms. The summed E-state index contributed by atoms with van der Waals surface area (Å²) in [5.74, 6) is 4.94. The fourth-order valence-corrected chi connectivity index (χ4v) is 0.276. The molecule has 1 rings (SSSR count). The van der Waals surface area contributed by atoms with Gasteiger partial charge in [-0.15, -0.1) is 0 Å². The minimum absolute atomic E-state index is 0.681. The van der Waals surface area contributed by atoms with Gasteiger partial charge in [-0.1, -0.05) is 5.16 Å². The molecule has 0 aliphatic rings. The summed E-state index contributed by atoms with van der Waals surface area (Å²) < 4.78 is 4.41. The second-order valence-corrected chi connectivity index (χ2v) is 1.06. The zero-order valence-corrected chi connectivity index (χ0v) is 3.59. The Morgan fingerprint density at radius 3 is 3.00 bits per heavy atom. The summed E-state index contributed by atoms with van der Waals surface area (Å²) in [5.41, 5.74) is 3.03. The van der Waals surface area contributed by atoms with Crippen LogP contribution in [0.1, 0.15) is 0 Å². The zero-order chi connectivity index (χ0) is 5.11. The van der Waals surface area contributed by atoms with Gasteiger partial charge in [-0.25, -0.2) is 0 Å². The molecule has 1 aromatic heterocycles. The second-order valence-electron chi connectivity index (χ2n) is 1.06. The Kier molecular flexibility index (Phi) is 0.953. The molecule has 0 aliphatic heterocycles. The number of nitrogens with zero attached hydrogens (tertiary/aromatic N) is 1. The van der Waals surface area contributed by atoms with Crippen molar-refractivity contribution in [1.82, 2.24) is 5.16 Å². The molecule has 0 unspecified atom stereocenters. The van der Waals surface area contributed by atoms with Gasteiger partial charge in [-0.2, -0.15) is 0 Å². The first-order valence-corrected chi connectivity index (χ1v) is 1.79. The summed E-state index contributed by atoms with van der Waals surface area (Å²) in [4.78, 5) is 0. The van der Waals surface area contributed by atoms with E-state index in [4.69, 9.17) is 5.84 Å². The van der Waals surface area contributed by atoms with Crippen LogP contribution in [-0.2, 0) is 0 Å². The third-order valence-electron chi connectivity index (χ3n) is 0.599. The van der Waals surface area contributed by atoms with E-state index in [0.717, 1.165) is 0 Å². The van der Waals surface area contributed by atoms with Crippen molar-refractivity contribution in [3.63, 3.8) is 0 Å². The average molecular weight is 99.1 g/mol. The van der Waals surface area contributed by atoms with Crippen molar-refractivity contribution >= 4 is 5.69 Å². The second kappa shape index (κ2) is 1.61. The monoisotopic (exact) mass is 99.0 g/mol. The number of nitrogens with two attached hydrogens (primary N) is 1. The van der Waals surface area contributed by atoms with Gasteiger partial charge in [0.2, 0.25) is 0 Å². The van der Waals surface area contributed by atoms with Gasteiger partial charge in [0.1, 0.15) is 12.0 Å². The minimum atomic E-state index is 0.681. The largest absolute Gasteiger partial charge is 0.362 e. The van der Waals surface area contributed by atoms with Gasteiger partial charge < -0.3 is 9.95 Å². The molecule has 0 fully saturated rings. The normalized spacial score (nSPS) is 8.71. The van der Waals surface area contributed by atoms with E-state index in [9.17, 15) is 0 Å². The van der Waals surface area contributed by atoms with Gasteiger partial charge in [0.25, 0.3) is 0 Å². The Hall–Kier alpha value is -1.03. The lowest BCUT2D eigenvalue weighted by Crippen LogP contribution is -2.04. The van der Waals surface area contributed by atoms with Gasteiger partial charge in [0.05, 0.1) is 6.20 Å². The summed E-state index contributed by atoms with van der Waals surface area (Å²) in [6.07, 6.45) is 2.90. The first-order valence-electron chi connectivity index (χ1n) is 1.79. The van der Waals surface area contributed by atoms with Crippen molar-refractivity contribution < 1.29 is 4.52 Å². The fraction of sp³-hybridized carbons (Fsp3) is 0. The molecule has 4 heteroatoms. The molecule has 0 aliphatic carbocycles. The predicted octanol–water partition coefficient (Wildman–Crippen LogP) is -0.0398. The summed E-state index contributed by atoms with van der Waals surface area (Å²) >= 11 is 0. The smallest absolute Gasteiger partial charge is 0.148 e. The van der Waals surface area contributed by atoms with E-state index in [1.165, 1.54) is 12.5 Å². The molecule has 4 nitrogen and oxygen atoms in total. The molecular weight excluding hydrogens is 94.1 g/mol. The van der Waals surface area contributed by atoms with Crippen LogP contribution in [0.25, 0.3) is 0 Å². The number of nitrogen functional groups attached to an aromatic ring is 1. The van der Waals surface area contributed by atoms with E-state index < -0.39 is 0 Å². The molecule has 0 bridgehead atoms. The Labute approximate surface area is 40.3 Å². The number of hydrogen-bond acceptors (Lipinski definition) is 4.